The summed E-state index contributed by atoms with van der Waals surface area (Å²) in [6, 6.07) is 12.1. The van der Waals surface area contributed by atoms with Crippen LogP contribution < -0.4 is 4.72 Å². The first-order valence-corrected chi connectivity index (χ1v) is 11.6. The van der Waals surface area contributed by atoms with E-state index < -0.39 is 39.5 Å². The highest BCUT2D eigenvalue weighted by atomic mass is 32.2. The van der Waals surface area contributed by atoms with E-state index in [1.807, 2.05) is 6.07 Å². The third kappa shape index (κ3) is 3.35. The van der Waals surface area contributed by atoms with Gasteiger partial charge in [-0.05, 0) is 30.5 Å². The zero-order valence-electron chi connectivity index (χ0n) is 16.3. The lowest BCUT2D eigenvalue weighted by atomic mass is 10.1. The lowest BCUT2D eigenvalue weighted by Gasteiger charge is -2.15. The number of carboxylic acid groups (broad SMARTS) is 1. The Labute approximate surface area is 177 Å². The molecular weight excluding hydrogens is 426 g/mol. The number of nitrogens with zero attached hydrogens (tertiary/aromatic N) is 2. The molecule has 30 heavy (non-hydrogen) atoms. The van der Waals surface area contributed by atoms with E-state index in [0.29, 0.717) is 10.6 Å². The number of carbonyl (C=O) groups is 1. The minimum absolute atomic E-state index is 0.00173. The highest BCUT2D eigenvalue weighted by molar-refractivity contribution is 7.91. The summed E-state index contributed by atoms with van der Waals surface area (Å²) in [5, 5.41) is 24.2. The molecule has 0 aliphatic heterocycles. The smallest absolute Gasteiger partial charge is 0.325 e. The molecule has 1 aromatic carbocycles. The van der Waals surface area contributed by atoms with Crippen molar-refractivity contribution < 1.29 is 23.4 Å². The molecule has 0 spiro atoms. The largest absolute Gasteiger partial charge is 0.480 e. The average Bonchev–Trinajstić information content (AvgIpc) is 3.14. The van der Waals surface area contributed by atoms with Gasteiger partial charge >= 0.3 is 5.97 Å². The second-order valence-electron chi connectivity index (χ2n) is 7.44. The molecule has 0 saturated heterocycles. The molecule has 10 heteroatoms. The number of hydrogen-bond acceptors (Lipinski definition) is 6. The summed E-state index contributed by atoms with van der Waals surface area (Å²) < 4.78 is 30.0. The van der Waals surface area contributed by atoms with Crippen molar-refractivity contribution >= 4 is 27.3 Å². The van der Waals surface area contributed by atoms with E-state index in [-0.39, 0.29) is 4.21 Å². The van der Waals surface area contributed by atoms with Crippen molar-refractivity contribution in [2.45, 2.75) is 35.6 Å². The van der Waals surface area contributed by atoms with Crippen molar-refractivity contribution in [3.63, 3.8) is 0 Å². The molecule has 8 nitrogen and oxygen atoms in total. The summed E-state index contributed by atoms with van der Waals surface area (Å²) in [6.45, 7) is 3.34. The molecule has 3 N–H and O–H groups in total. The van der Waals surface area contributed by atoms with Crippen LogP contribution in [0.5, 0.6) is 0 Å². The van der Waals surface area contributed by atoms with Gasteiger partial charge in [0.1, 0.15) is 14.7 Å². The number of sulfonamides is 1. The predicted octanol–water partition coefficient (Wildman–Crippen LogP) is 2.52. The van der Waals surface area contributed by atoms with E-state index in [1.165, 1.54) is 16.9 Å². The Bertz CT molecular complexity index is 1190. The highest BCUT2D eigenvalue weighted by Gasteiger charge is 2.70. The molecule has 1 aliphatic carbocycles. The zero-order valence-corrected chi connectivity index (χ0v) is 17.9. The first-order valence-electron chi connectivity index (χ1n) is 9.32. The topological polar surface area (TPSA) is 122 Å². The van der Waals surface area contributed by atoms with Gasteiger partial charge in [-0.3, -0.25) is 4.79 Å². The summed E-state index contributed by atoms with van der Waals surface area (Å²) in [6.07, 6.45) is 2.44. The Hall–Kier alpha value is -2.53. The van der Waals surface area contributed by atoms with Gasteiger partial charge in [-0.1, -0.05) is 37.3 Å². The summed E-state index contributed by atoms with van der Waals surface area (Å²) >= 11 is 0.972. The van der Waals surface area contributed by atoms with Crippen LogP contribution in [0.15, 0.2) is 59.1 Å². The third-order valence-electron chi connectivity index (χ3n) is 5.56. The molecule has 2 aromatic heterocycles. The maximum absolute atomic E-state index is 13.0. The molecule has 1 aliphatic rings. The van der Waals surface area contributed by atoms with Gasteiger partial charge in [-0.15, -0.1) is 11.3 Å². The van der Waals surface area contributed by atoms with Crippen LogP contribution in [0.4, 0.5) is 0 Å². The molecule has 4 atom stereocenters. The third-order valence-corrected chi connectivity index (χ3v) is 8.61. The van der Waals surface area contributed by atoms with E-state index in [9.17, 15) is 23.4 Å². The fraction of sp³-hybridized carbons (Fsp3) is 0.300. The minimum atomic E-state index is -4.07. The zero-order chi connectivity index (χ0) is 21.7. The lowest BCUT2D eigenvalue weighted by Crippen LogP contribution is -2.45. The fourth-order valence-electron chi connectivity index (χ4n) is 3.82. The Kier molecular flexibility index (Phi) is 5.05. The van der Waals surface area contributed by atoms with Gasteiger partial charge in [0.25, 0.3) is 10.0 Å². The molecule has 1 saturated carbocycles. The van der Waals surface area contributed by atoms with E-state index >= 15 is 0 Å². The summed E-state index contributed by atoms with van der Waals surface area (Å²) in [5.74, 6) is -2.05. The lowest BCUT2D eigenvalue weighted by molar-refractivity contribution is -0.140. The van der Waals surface area contributed by atoms with E-state index in [1.54, 1.807) is 50.4 Å². The Morgan fingerprint density at radius 2 is 1.97 bits per heavy atom. The molecule has 4 rings (SSSR count). The van der Waals surface area contributed by atoms with E-state index in [4.69, 9.17) is 0 Å². The second kappa shape index (κ2) is 7.31. The molecule has 2 heterocycles. The maximum Gasteiger partial charge on any atom is 0.325 e. The number of thiophene rings is 1. The highest BCUT2D eigenvalue weighted by Crippen LogP contribution is 2.58. The van der Waals surface area contributed by atoms with Crippen molar-refractivity contribution in [2.24, 2.45) is 5.92 Å². The number of aromatic nitrogens is 2. The standard InChI is InChI=1S/C20H21N3O5S2/c1-12-18(14-6-4-3-5-7-14)20(12,19(25)26)22-30(27,28)17-9-8-16(29-17)23-11-15(10-21-23)13(2)24/h3-13,18,22,24H,1-2H3,(H,25,26)/t12-,13?,18-,20+/m1/s1. The van der Waals surface area contributed by atoms with Crippen molar-refractivity contribution in [3.05, 3.63) is 66.0 Å². The number of aliphatic hydroxyl groups is 1. The molecule has 1 fully saturated rings. The number of carboxylic acids is 1. The first kappa shape index (κ1) is 20.7. The van der Waals surface area contributed by atoms with Crippen LogP contribution >= 0.6 is 11.3 Å². The molecule has 158 valence electrons. The molecular formula is C20H21N3O5S2. The number of rotatable bonds is 7. The van der Waals surface area contributed by atoms with Crippen molar-refractivity contribution in [1.82, 2.24) is 14.5 Å². The maximum atomic E-state index is 13.0. The normalized spacial score (nSPS) is 24.5. The van der Waals surface area contributed by atoms with Crippen LogP contribution in [0.2, 0.25) is 0 Å². The van der Waals surface area contributed by atoms with Gasteiger partial charge in [-0.2, -0.15) is 9.82 Å². The van der Waals surface area contributed by atoms with Crippen LogP contribution in [0.3, 0.4) is 0 Å². The molecule has 1 unspecified atom stereocenters. The van der Waals surface area contributed by atoms with Gasteiger partial charge < -0.3 is 10.2 Å². The summed E-state index contributed by atoms with van der Waals surface area (Å²) in [4.78, 5) is 12.1. The van der Waals surface area contributed by atoms with Gasteiger partial charge in [-0.25, -0.2) is 13.1 Å². The predicted molar refractivity (Wildman–Crippen MR) is 111 cm³/mol. The molecule has 3 aromatic rings. The summed E-state index contributed by atoms with van der Waals surface area (Å²) in [5.41, 5.74) is -0.201. The number of aliphatic carboxylic acids is 1. The Balaban J connectivity index is 1.62. The number of aliphatic hydroxyl groups excluding tert-OH is 1. The summed E-state index contributed by atoms with van der Waals surface area (Å²) in [7, 11) is -4.07. The van der Waals surface area contributed by atoms with E-state index in [2.05, 4.69) is 9.82 Å². The Morgan fingerprint density at radius 1 is 1.27 bits per heavy atom. The fourth-order valence-corrected chi connectivity index (χ4v) is 6.51. The van der Waals surface area contributed by atoms with Crippen LogP contribution in [0.25, 0.3) is 5.00 Å². The molecule has 0 radical (unpaired) electrons. The molecule has 0 bridgehead atoms. The van der Waals surface area contributed by atoms with Crippen LogP contribution in [-0.2, 0) is 14.8 Å². The minimum Gasteiger partial charge on any atom is -0.480 e. The van der Waals surface area contributed by atoms with Crippen LogP contribution in [0.1, 0.15) is 37.0 Å². The number of hydrogen-bond donors (Lipinski definition) is 3. The SMILES string of the molecule is CC(O)c1cnn(-c2ccc(S(=O)(=O)N[C@@]3(C(=O)O)[C@H](C)[C@@H]3c3ccccc3)s2)c1. The van der Waals surface area contributed by atoms with Gasteiger partial charge in [0.15, 0.2) is 0 Å². The quantitative estimate of drug-likeness (QED) is 0.512. The number of nitrogens with one attached hydrogen (secondary N) is 1. The monoisotopic (exact) mass is 447 g/mol. The van der Waals surface area contributed by atoms with Crippen LogP contribution in [-0.4, -0.2) is 39.9 Å². The van der Waals surface area contributed by atoms with Crippen molar-refractivity contribution in [3.8, 4) is 5.00 Å². The number of benzene rings is 1. The van der Waals surface area contributed by atoms with Crippen molar-refractivity contribution in [1.29, 1.82) is 0 Å². The van der Waals surface area contributed by atoms with Crippen LogP contribution in [0, 0.1) is 5.92 Å². The Morgan fingerprint density at radius 3 is 2.57 bits per heavy atom. The van der Waals surface area contributed by atoms with Crippen molar-refractivity contribution in [2.75, 3.05) is 0 Å². The van der Waals surface area contributed by atoms with Gasteiger partial charge in [0.2, 0.25) is 0 Å². The van der Waals surface area contributed by atoms with E-state index in [0.717, 1.165) is 16.9 Å². The second-order valence-corrected chi connectivity index (χ2v) is 10.4. The first-order chi connectivity index (χ1) is 14.2. The molecule has 0 amide bonds. The van der Waals surface area contributed by atoms with Gasteiger partial charge in [0, 0.05) is 17.7 Å². The van der Waals surface area contributed by atoms with Gasteiger partial charge in [0.05, 0.1) is 12.3 Å². The average molecular weight is 448 g/mol.